The van der Waals surface area contributed by atoms with E-state index in [1.165, 1.54) is 6.42 Å². The van der Waals surface area contributed by atoms with Crippen molar-refractivity contribution in [1.82, 2.24) is 25.7 Å². The zero-order chi connectivity index (χ0) is 15.2. The summed E-state index contributed by atoms with van der Waals surface area (Å²) in [6.07, 6.45) is 2.36. The zero-order valence-electron chi connectivity index (χ0n) is 13.1. The van der Waals surface area contributed by atoms with Crippen molar-refractivity contribution in [3.63, 3.8) is 0 Å². The maximum atomic E-state index is 11.8. The SMILES string of the molecule is Cc1nc(CNC(=O)NC[C@@H]2CCCN2CC(C)C)no1. The first-order valence-corrected chi connectivity index (χ1v) is 7.59. The summed E-state index contributed by atoms with van der Waals surface area (Å²) < 4.78 is 4.85. The van der Waals surface area contributed by atoms with Crippen LogP contribution in [0.25, 0.3) is 0 Å². The molecule has 7 nitrogen and oxygen atoms in total. The average molecular weight is 295 g/mol. The summed E-state index contributed by atoms with van der Waals surface area (Å²) >= 11 is 0. The van der Waals surface area contributed by atoms with E-state index in [0.717, 1.165) is 19.5 Å². The lowest BCUT2D eigenvalue weighted by Crippen LogP contribution is -2.44. The van der Waals surface area contributed by atoms with E-state index in [1.807, 2.05) is 0 Å². The second-order valence-electron chi connectivity index (χ2n) is 5.98. The molecule has 0 aromatic carbocycles. The van der Waals surface area contributed by atoms with Gasteiger partial charge in [-0.1, -0.05) is 19.0 Å². The molecule has 2 amide bonds. The van der Waals surface area contributed by atoms with Crippen LogP contribution in [0, 0.1) is 12.8 Å². The molecule has 0 spiro atoms. The summed E-state index contributed by atoms with van der Waals surface area (Å²) in [5.74, 6) is 1.65. The Morgan fingerprint density at radius 3 is 2.95 bits per heavy atom. The first kappa shape index (κ1) is 15.8. The van der Waals surface area contributed by atoms with Crippen molar-refractivity contribution in [3.8, 4) is 0 Å². The van der Waals surface area contributed by atoms with E-state index >= 15 is 0 Å². The van der Waals surface area contributed by atoms with E-state index in [4.69, 9.17) is 4.52 Å². The minimum absolute atomic E-state index is 0.186. The number of hydrogen-bond acceptors (Lipinski definition) is 5. The Labute approximate surface area is 125 Å². The van der Waals surface area contributed by atoms with Crippen molar-refractivity contribution in [3.05, 3.63) is 11.7 Å². The van der Waals surface area contributed by atoms with Crippen LogP contribution in [0.2, 0.25) is 0 Å². The quantitative estimate of drug-likeness (QED) is 0.826. The van der Waals surface area contributed by atoms with Crippen molar-refractivity contribution in [2.75, 3.05) is 19.6 Å². The molecule has 21 heavy (non-hydrogen) atoms. The Bertz CT molecular complexity index is 460. The Morgan fingerprint density at radius 1 is 1.48 bits per heavy atom. The molecule has 0 unspecified atom stereocenters. The van der Waals surface area contributed by atoms with Gasteiger partial charge in [0, 0.05) is 26.1 Å². The third-order valence-corrected chi connectivity index (χ3v) is 3.57. The summed E-state index contributed by atoms with van der Waals surface area (Å²) in [7, 11) is 0. The minimum atomic E-state index is -0.186. The van der Waals surface area contributed by atoms with Crippen molar-refractivity contribution >= 4 is 6.03 Å². The van der Waals surface area contributed by atoms with Crippen LogP contribution < -0.4 is 10.6 Å². The smallest absolute Gasteiger partial charge is 0.315 e. The molecule has 1 fully saturated rings. The molecular formula is C14H25N5O2. The lowest BCUT2D eigenvalue weighted by Gasteiger charge is -2.26. The van der Waals surface area contributed by atoms with Crippen LogP contribution in [0.5, 0.6) is 0 Å². The fourth-order valence-corrected chi connectivity index (χ4v) is 2.68. The number of nitrogens with zero attached hydrogens (tertiary/aromatic N) is 3. The van der Waals surface area contributed by atoms with E-state index in [2.05, 4.69) is 39.5 Å². The van der Waals surface area contributed by atoms with Gasteiger partial charge in [-0.15, -0.1) is 0 Å². The summed E-state index contributed by atoms with van der Waals surface area (Å²) in [4.78, 5) is 18.3. The third kappa shape index (κ3) is 5.00. The molecule has 2 heterocycles. The molecule has 1 aromatic heterocycles. The summed E-state index contributed by atoms with van der Waals surface area (Å²) in [5.41, 5.74) is 0. The van der Waals surface area contributed by atoms with Gasteiger partial charge in [-0.2, -0.15) is 4.98 Å². The van der Waals surface area contributed by atoms with Gasteiger partial charge in [0.15, 0.2) is 5.82 Å². The number of likely N-dealkylation sites (tertiary alicyclic amines) is 1. The van der Waals surface area contributed by atoms with Gasteiger partial charge in [-0.25, -0.2) is 4.79 Å². The molecule has 1 aliphatic rings. The van der Waals surface area contributed by atoms with Crippen molar-refractivity contribution in [2.24, 2.45) is 5.92 Å². The fraction of sp³-hybridized carbons (Fsp3) is 0.786. The molecular weight excluding hydrogens is 270 g/mol. The van der Waals surface area contributed by atoms with Gasteiger partial charge >= 0.3 is 6.03 Å². The minimum Gasteiger partial charge on any atom is -0.340 e. The third-order valence-electron chi connectivity index (χ3n) is 3.57. The monoisotopic (exact) mass is 295 g/mol. The maximum absolute atomic E-state index is 11.8. The molecule has 2 rings (SSSR count). The largest absolute Gasteiger partial charge is 0.340 e. The van der Waals surface area contributed by atoms with E-state index in [1.54, 1.807) is 6.92 Å². The van der Waals surface area contributed by atoms with Gasteiger partial charge in [0.25, 0.3) is 0 Å². The average Bonchev–Trinajstić information content (AvgIpc) is 3.02. The number of aromatic nitrogens is 2. The van der Waals surface area contributed by atoms with Crippen LogP contribution in [0.4, 0.5) is 4.79 Å². The Morgan fingerprint density at radius 2 is 2.29 bits per heavy atom. The van der Waals surface area contributed by atoms with E-state index in [0.29, 0.717) is 30.2 Å². The number of rotatable bonds is 6. The lowest BCUT2D eigenvalue weighted by atomic mass is 10.1. The standard InChI is InChI=1S/C14H25N5O2/c1-10(2)9-19-6-4-5-12(19)7-15-14(20)16-8-13-17-11(3)21-18-13/h10,12H,4-9H2,1-3H3,(H2,15,16,20)/t12-/m0/s1. The van der Waals surface area contributed by atoms with Gasteiger partial charge in [-0.05, 0) is 25.3 Å². The molecule has 1 saturated heterocycles. The Kier molecular flexibility index (Phi) is 5.55. The molecule has 1 aliphatic heterocycles. The van der Waals surface area contributed by atoms with Crippen LogP contribution >= 0.6 is 0 Å². The van der Waals surface area contributed by atoms with E-state index in [9.17, 15) is 4.79 Å². The molecule has 1 atom stereocenters. The highest BCUT2D eigenvalue weighted by Crippen LogP contribution is 2.17. The van der Waals surface area contributed by atoms with Crippen LogP contribution in [0.3, 0.4) is 0 Å². The highest BCUT2D eigenvalue weighted by Gasteiger charge is 2.25. The number of hydrogen-bond donors (Lipinski definition) is 2. The maximum Gasteiger partial charge on any atom is 0.315 e. The highest BCUT2D eigenvalue weighted by molar-refractivity contribution is 5.73. The van der Waals surface area contributed by atoms with Gasteiger partial charge in [-0.3, -0.25) is 4.90 Å². The van der Waals surface area contributed by atoms with Crippen LogP contribution in [-0.2, 0) is 6.54 Å². The number of nitrogens with one attached hydrogen (secondary N) is 2. The predicted octanol–water partition coefficient (Wildman–Crippen LogP) is 1.30. The van der Waals surface area contributed by atoms with Crippen molar-refractivity contribution in [2.45, 2.75) is 46.2 Å². The number of amides is 2. The predicted molar refractivity (Wildman–Crippen MR) is 78.7 cm³/mol. The van der Waals surface area contributed by atoms with Gasteiger partial charge in [0.2, 0.25) is 5.89 Å². The van der Waals surface area contributed by atoms with Gasteiger partial charge in [0.1, 0.15) is 0 Å². The molecule has 0 bridgehead atoms. The first-order valence-electron chi connectivity index (χ1n) is 7.59. The lowest BCUT2D eigenvalue weighted by molar-refractivity contribution is 0.213. The van der Waals surface area contributed by atoms with Crippen LogP contribution in [0.15, 0.2) is 4.52 Å². The number of aryl methyl sites for hydroxylation is 1. The van der Waals surface area contributed by atoms with Crippen molar-refractivity contribution in [1.29, 1.82) is 0 Å². The van der Waals surface area contributed by atoms with Crippen molar-refractivity contribution < 1.29 is 9.32 Å². The zero-order valence-corrected chi connectivity index (χ0v) is 13.1. The molecule has 1 aromatic rings. The van der Waals surface area contributed by atoms with E-state index < -0.39 is 0 Å². The molecule has 2 N–H and O–H groups in total. The molecule has 7 heteroatoms. The van der Waals surface area contributed by atoms with Gasteiger partial charge in [0.05, 0.1) is 6.54 Å². The second-order valence-corrected chi connectivity index (χ2v) is 5.98. The molecule has 0 aliphatic carbocycles. The van der Waals surface area contributed by atoms with Gasteiger partial charge < -0.3 is 15.2 Å². The number of urea groups is 1. The number of carbonyl (C=O) groups is 1. The van der Waals surface area contributed by atoms with Crippen LogP contribution in [-0.4, -0.2) is 46.7 Å². The molecule has 118 valence electrons. The topological polar surface area (TPSA) is 83.3 Å². The highest BCUT2D eigenvalue weighted by atomic mass is 16.5. The Balaban J connectivity index is 1.68. The molecule has 0 saturated carbocycles. The summed E-state index contributed by atoms with van der Waals surface area (Å²) in [5, 5.41) is 9.40. The van der Waals surface area contributed by atoms with Crippen LogP contribution in [0.1, 0.15) is 38.4 Å². The first-order chi connectivity index (χ1) is 10.0. The molecule has 0 radical (unpaired) electrons. The van der Waals surface area contributed by atoms with E-state index in [-0.39, 0.29) is 12.6 Å². The summed E-state index contributed by atoms with van der Waals surface area (Å²) in [6.45, 7) is 9.36. The number of carbonyl (C=O) groups excluding carboxylic acids is 1. The summed E-state index contributed by atoms with van der Waals surface area (Å²) in [6, 6.07) is 0.263. The normalized spacial score (nSPS) is 19.1. The second kappa shape index (κ2) is 7.40. The Hall–Kier alpha value is -1.63. The fourth-order valence-electron chi connectivity index (χ4n) is 2.68.